The van der Waals surface area contributed by atoms with E-state index in [1.165, 1.54) is 0 Å². The monoisotopic (exact) mass is 265 g/mol. The summed E-state index contributed by atoms with van der Waals surface area (Å²) in [4.78, 5) is 23.1. The number of carbonyl (C=O) groups is 1. The highest BCUT2D eigenvalue weighted by molar-refractivity contribution is 5.69. The summed E-state index contributed by atoms with van der Waals surface area (Å²) in [5, 5.41) is 8.83. The predicted molar refractivity (Wildman–Crippen MR) is 75.6 cm³/mol. The number of aliphatic carboxylic acids is 1. The highest BCUT2D eigenvalue weighted by Gasteiger charge is 2.13. The molecular weight excluding hydrogens is 242 g/mol. The van der Waals surface area contributed by atoms with E-state index in [1.807, 2.05) is 19.9 Å². The number of hydrogen-bond acceptors (Lipinski definition) is 2. The third-order valence-electron chi connectivity index (χ3n) is 3.15. The average Bonchev–Trinajstić information content (AvgIpc) is 2.28. The van der Waals surface area contributed by atoms with Gasteiger partial charge in [-0.3, -0.25) is 9.59 Å². The second kappa shape index (κ2) is 6.55. The van der Waals surface area contributed by atoms with Crippen molar-refractivity contribution >= 4 is 5.97 Å². The van der Waals surface area contributed by atoms with E-state index in [4.69, 9.17) is 5.11 Å². The summed E-state index contributed by atoms with van der Waals surface area (Å²) in [5.74, 6) is -0.210. The summed E-state index contributed by atoms with van der Waals surface area (Å²) >= 11 is 0. The lowest BCUT2D eigenvalue weighted by atomic mass is 10.1. The number of pyridine rings is 1. The van der Waals surface area contributed by atoms with Crippen molar-refractivity contribution in [3.8, 4) is 0 Å². The van der Waals surface area contributed by atoms with Gasteiger partial charge in [-0.15, -0.1) is 0 Å². The predicted octanol–water partition coefficient (Wildman–Crippen LogP) is 2.64. The van der Waals surface area contributed by atoms with Crippen molar-refractivity contribution in [3.05, 3.63) is 33.7 Å². The highest BCUT2D eigenvalue weighted by atomic mass is 16.4. The molecule has 0 spiro atoms. The maximum atomic E-state index is 12.3. The number of carboxylic acids is 1. The molecule has 1 aromatic heterocycles. The topological polar surface area (TPSA) is 59.3 Å². The largest absolute Gasteiger partial charge is 0.481 e. The van der Waals surface area contributed by atoms with Crippen LogP contribution in [0.2, 0.25) is 0 Å². The van der Waals surface area contributed by atoms with Crippen LogP contribution in [0.1, 0.15) is 51.3 Å². The Morgan fingerprint density at radius 3 is 2.37 bits per heavy atom. The fourth-order valence-corrected chi connectivity index (χ4v) is 2.06. The Kier molecular flexibility index (Phi) is 5.33. The van der Waals surface area contributed by atoms with Crippen molar-refractivity contribution in [1.82, 2.24) is 4.57 Å². The number of rotatable bonds is 6. The van der Waals surface area contributed by atoms with Crippen molar-refractivity contribution in [1.29, 1.82) is 0 Å². The molecule has 1 N–H and O–H groups in total. The lowest BCUT2D eigenvalue weighted by Crippen LogP contribution is -2.28. The zero-order valence-corrected chi connectivity index (χ0v) is 12.1. The zero-order valence-electron chi connectivity index (χ0n) is 12.1. The lowest BCUT2D eigenvalue weighted by Gasteiger charge is -2.17. The lowest BCUT2D eigenvalue weighted by molar-refractivity contribution is -0.136. The van der Waals surface area contributed by atoms with Crippen LogP contribution in [0.3, 0.4) is 0 Å². The van der Waals surface area contributed by atoms with E-state index in [9.17, 15) is 9.59 Å². The minimum absolute atomic E-state index is 0.158. The molecule has 19 heavy (non-hydrogen) atoms. The van der Waals surface area contributed by atoms with Crippen LogP contribution in [-0.4, -0.2) is 15.6 Å². The highest BCUT2D eigenvalue weighted by Crippen LogP contribution is 2.15. The summed E-state index contributed by atoms with van der Waals surface area (Å²) in [6.07, 6.45) is 0.703. The summed E-state index contributed by atoms with van der Waals surface area (Å²) in [5.41, 5.74) is 1.18. The molecule has 0 unspecified atom stereocenters. The van der Waals surface area contributed by atoms with Crippen molar-refractivity contribution in [2.75, 3.05) is 0 Å². The Labute approximate surface area is 114 Å². The molecule has 0 aliphatic carbocycles. The molecule has 0 saturated carbocycles. The molecule has 0 radical (unpaired) electrons. The Bertz CT molecular complexity index is 501. The summed E-state index contributed by atoms with van der Waals surface area (Å²) in [6.45, 7) is 8.95. The van der Waals surface area contributed by atoms with Crippen LogP contribution < -0.4 is 5.56 Å². The number of carboxylic acid groups (broad SMARTS) is 1. The molecule has 0 aliphatic heterocycles. The second-order valence-corrected chi connectivity index (χ2v) is 5.65. The molecule has 0 saturated heterocycles. The van der Waals surface area contributed by atoms with E-state index in [-0.39, 0.29) is 17.9 Å². The molecule has 0 bridgehead atoms. The van der Waals surface area contributed by atoms with E-state index in [1.54, 1.807) is 10.6 Å². The first-order valence-electron chi connectivity index (χ1n) is 6.77. The maximum Gasteiger partial charge on any atom is 0.308 e. The van der Waals surface area contributed by atoms with Gasteiger partial charge in [-0.2, -0.15) is 0 Å². The van der Waals surface area contributed by atoms with Gasteiger partial charge < -0.3 is 9.67 Å². The van der Waals surface area contributed by atoms with E-state index >= 15 is 0 Å². The molecule has 4 nitrogen and oxygen atoms in total. The van der Waals surface area contributed by atoms with E-state index in [0.717, 1.165) is 12.1 Å². The molecule has 4 heteroatoms. The molecule has 0 aliphatic rings. The average molecular weight is 265 g/mol. The molecule has 0 fully saturated rings. The Hall–Kier alpha value is -1.58. The SMILES string of the molecule is CC(C)CCn1c(C(C)C)ccc(CC(=O)O)c1=O. The Morgan fingerprint density at radius 1 is 1.26 bits per heavy atom. The molecule has 0 aromatic carbocycles. The van der Waals surface area contributed by atoms with Crippen LogP contribution in [0.15, 0.2) is 16.9 Å². The van der Waals surface area contributed by atoms with Crippen molar-refractivity contribution in [3.63, 3.8) is 0 Å². The van der Waals surface area contributed by atoms with Crippen LogP contribution in [0, 0.1) is 5.92 Å². The van der Waals surface area contributed by atoms with Crippen LogP contribution in [0.25, 0.3) is 0 Å². The summed E-state index contributed by atoms with van der Waals surface area (Å²) in [6, 6.07) is 3.53. The fraction of sp³-hybridized carbons (Fsp3) is 0.600. The number of nitrogens with zero attached hydrogens (tertiary/aromatic N) is 1. The van der Waals surface area contributed by atoms with Crippen molar-refractivity contribution < 1.29 is 9.90 Å². The first-order valence-corrected chi connectivity index (χ1v) is 6.77. The normalized spacial score (nSPS) is 11.3. The maximum absolute atomic E-state index is 12.3. The van der Waals surface area contributed by atoms with Gasteiger partial charge in [0.05, 0.1) is 6.42 Å². The van der Waals surface area contributed by atoms with Crippen molar-refractivity contribution in [2.45, 2.75) is 53.0 Å². The van der Waals surface area contributed by atoms with E-state index in [0.29, 0.717) is 18.0 Å². The quantitative estimate of drug-likeness (QED) is 0.860. The van der Waals surface area contributed by atoms with Crippen LogP contribution in [0.5, 0.6) is 0 Å². The summed E-state index contributed by atoms with van der Waals surface area (Å²) in [7, 11) is 0. The van der Waals surface area contributed by atoms with E-state index in [2.05, 4.69) is 13.8 Å². The smallest absolute Gasteiger partial charge is 0.308 e. The van der Waals surface area contributed by atoms with Gasteiger partial charge in [-0.1, -0.05) is 33.8 Å². The third-order valence-corrected chi connectivity index (χ3v) is 3.15. The van der Waals surface area contributed by atoms with Gasteiger partial charge in [0.25, 0.3) is 5.56 Å². The molecule has 1 aromatic rings. The van der Waals surface area contributed by atoms with E-state index < -0.39 is 5.97 Å². The Morgan fingerprint density at radius 2 is 1.89 bits per heavy atom. The molecule has 1 heterocycles. The van der Waals surface area contributed by atoms with Crippen LogP contribution >= 0.6 is 0 Å². The number of aromatic nitrogens is 1. The minimum Gasteiger partial charge on any atom is -0.481 e. The van der Waals surface area contributed by atoms with Gasteiger partial charge in [-0.25, -0.2) is 0 Å². The molecular formula is C15H23NO3. The molecule has 0 atom stereocenters. The van der Waals surface area contributed by atoms with Gasteiger partial charge in [0.15, 0.2) is 0 Å². The molecule has 106 valence electrons. The van der Waals surface area contributed by atoms with Crippen molar-refractivity contribution in [2.24, 2.45) is 5.92 Å². The second-order valence-electron chi connectivity index (χ2n) is 5.65. The zero-order chi connectivity index (χ0) is 14.6. The van der Waals surface area contributed by atoms with Crippen LogP contribution in [-0.2, 0) is 17.8 Å². The number of hydrogen-bond donors (Lipinski definition) is 1. The first kappa shape index (κ1) is 15.5. The Balaban J connectivity index is 3.19. The van der Waals surface area contributed by atoms with Gasteiger partial charge in [0.1, 0.15) is 0 Å². The minimum atomic E-state index is -0.968. The van der Waals surface area contributed by atoms with Gasteiger partial charge in [0, 0.05) is 17.8 Å². The fourth-order valence-electron chi connectivity index (χ4n) is 2.06. The first-order chi connectivity index (χ1) is 8.82. The molecule has 0 amide bonds. The van der Waals surface area contributed by atoms with Gasteiger partial charge in [-0.05, 0) is 24.3 Å². The van der Waals surface area contributed by atoms with Gasteiger partial charge in [0.2, 0.25) is 0 Å². The summed E-state index contributed by atoms with van der Waals surface area (Å²) < 4.78 is 1.74. The van der Waals surface area contributed by atoms with Gasteiger partial charge >= 0.3 is 5.97 Å². The molecule has 1 rings (SSSR count). The van der Waals surface area contributed by atoms with Crippen LogP contribution in [0.4, 0.5) is 0 Å². The third kappa shape index (κ3) is 4.23. The standard InChI is InChI=1S/C15H23NO3/c1-10(2)7-8-16-13(11(3)4)6-5-12(15(16)19)9-14(17)18/h5-6,10-11H,7-9H2,1-4H3,(H,17,18).